The second-order valence-corrected chi connectivity index (χ2v) is 5.60. The number of hydrogen-bond donors (Lipinski definition) is 3. The topological polar surface area (TPSA) is 118 Å². The van der Waals surface area contributed by atoms with Crippen LogP contribution < -0.4 is 16.4 Å². The number of aliphatic imine (C=N–C) groups is 1. The summed E-state index contributed by atoms with van der Waals surface area (Å²) in [6, 6.07) is 0. The zero-order valence-electron chi connectivity index (χ0n) is 17.4. The van der Waals surface area contributed by atoms with E-state index < -0.39 is 24.3 Å². The standard InChI is InChI=1S/C14H22ClN5O4/c1-8(21)23-5-10(6-24-9(2)22)3-4-20-7-17-11-12(15)18-14(16)19-13(11)20/h7,10,13-14,18-19H,3-6,16H2,1-2H3/i13D,14D/hD2. The number of ether oxygens (including phenoxy) is 2. The van der Waals surface area contributed by atoms with Gasteiger partial charge in [0.25, 0.3) is 0 Å². The Labute approximate surface area is 150 Å². The minimum atomic E-state index is -2.41. The molecular formula is C14H22ClN5O4. The molecule has 0 aromatic carbocycles. The predicted octanol–water partition coefficient (Wildman–Crippen LogP) is -0.368. The Hall–Kier alpha value is -1.84. The molecule has 2 aliphatic rings. The Balaban J connectivity index is 2.15. The molecule has 2 aliphatic heterocycles. The van der Waals surface area contributed by atoms with Gasteiger partial charge in [-0.05, 0) is 6.42 Å². The quantitative estimate of drug-likeness (QED) is 0.414. The molecule has 0 fully saturated rings. The van der Waals surface area contributed by atoms with Gasteiger partial charge in [0.15, 0.2) is 1.41 Å². The number of fused-ring (bicyclic) bond motifs is 1. The maximum atomic E-state index is 11.1. The fourth-order valence-corrected chi connectivity index (χ4v) is 2.32. The average molecular weight is 364 g/mol. The molecule has 2 unspecified atom stereocenters. The first-order valence-electron chi connectivity index (χ1n) is 9.16. The lowest BCUT2D eigenvalue weighted by molar-refractivity contribution is -0.146. The summed E-state index contributed by atoms with van der Waals surface area (Å²) in [4.78, 5) is 27.5. The van der Waals surface area contributed by atoms with E-state index in [2.05, 4.69) is 4.99 Å². The fraction of sp³-hybridized carbons (Fsp3) is 0.643. The fourth-order valence-electron chi connectivity index (χ4n) is 2.10. The first-order valence-corrected chi connectivity index (χ1v) is 7.65. The minimum Gasteiger partial charge on any atom is -0.465 e. The summed E-state index contributed by atoms with van der Waals surface area (Å²) in [5.74, 6) is -1.32. The summed E-state index contributed by atoms with van der Waals surface area (Å²) in [7, 11) is 0. The van der Waals surface area contributed by atoms with Crippen molar-refractivity contribution in [3.63, 3.8) is 0 Å². The average Bonchev–Trinajstić information content (AvgIpc) is 2.95. The molecule has 24 heavy (non-hydrogen) atoms. The van der Waals surface area contributed by atoms with Crippen LogP contribution in [0.5, 0.6) is 0 Å². The zero-order valence-corrected chi connectivity index (χ0v) is 14.1. The molecule has 0 bridgehead atoms. The van der Waals surface area contributed by atoms with Gasteiger partial charge in [0, 0.05) is 26.3 Å². The van der Waals surface area contributed by atoms with Gasteiger partial charge in [0.2, 0.25) is 0 Å². The molecule has 0 amide bonds. The van der Waals surface area contributed by atoms with E-state index in [4.69, 9.17) is 32.4 Å². The van der Waals surface area contributed by atoms with E-state index in [1.165, 1.54) is 25.1 Å². The molecule has 0 spiro atoms. The van der Waals surface area contributed by atoms with Crippen molar-refractivity contribution in [3.8, 4) is 0 Å². The van der Waals surface area contributed by atoms with Gasteiger partial charge in [-0.15, -0.1) is 0 Å². The van der Waals surface area contributed by atoms with Crippen LogP contribution in [0.1, 0.15) is 23.0 Å². The van der Waals surface area contributed by atoms with Crippen molar-refractivity contribution < 1.29 is 24.6 Å². The molecule has 0 aromatic heterocycles. The maximum absolute atomic E-state index is 11.1. The number of rotatable bonds is 7. The van der Waals surface area contributed by atoms with Crippen molar-refractivity contribution in [1.29, 1.82) is 0 Å². The highest BCUT2D eigenvalue weighted by atomic mass is 35.5. The number of carbonyl (C=O) groups excluding carboxylic acids is 2. The van der Waals surface area contributed by atoms with Crippen LogP contribution in [0.4, 0.5) is 0 Å². The van der Waals surface area contributed by atoms with Gasteiger partial charge in [-0.1, -0.05) is 11.6 Å². The lowest BCUT2D eigenvalue weighted by Crippen LogP contribution is -2.60. The van der Waals surface area contributed by atoms with Gasteiger partial charge >= 0.3 is 11.9 Å². The van der Waals surface area contributed by atoms with Crippen molar-refractivity contribution in [3.05, 3.63) is 10.9 Å². The zero-order chi connectivity index (χ0) is 21.3. The smallest absolute Gasteiger partial charge is 0.302 e. The lowest BCUT2D eigenvalue weighted by atomic mass is 10.1. The van der Waals surface area contributed by atoms with Crippen LogP contribution in [0, 0.1) is 5.92 Å². The molecule has 10 heteroatoms. The normalized spacial score (nSPS) is 32.2. The van der Waals surface area contributed by atoms with Crippen LogP contribution in [0.3, 0.4) is 0 Å². The molecule has 0 aromatic rings. The van der Waals surface area contributed by atoms with Crippen LogP contribution in [0.15, 0.2) is 15.8 Å². The molecule has 9 nitrogen and oxygen atoms in total. The molecule has 2 atom stereocenters. The van der Waals surface area contributed by atoms with Gasteiger partial charge in [-0.25, -0.2) is 4.99 Å². The molecular weight excluding hydrogens is 338 g/mol. The Kier molecular flexibility index (Phi) is 4.66. The number of hydrogen-bond acceptors (Lipinski definition) is 9. The summed E-state index contributed by atoms with van der Waals surface area (Å²) >= 11 is 6.04. The highest BCUT2D eigenvalue weighted by Gasteiger charge is 2.33. The Bertz CT molecular complexity index is 691. The van der Waals surface area contributed by atoms with E-state index >= 15 is 0 Å². The number of nitrogens with zero attached hydrogens (tertiary/aromatic N) is 2. The first kappa shape index (κ1) is 13.5. The third-order valence-corrected chi connectivity index (χ3v) is 3.53. The Morgan fingerprint density at radius 1 is 1.50 bits per heavy atom. The number of nitrogens with one attached hydrogen (secondary N) is 2. The lowest BCUT2D eigenvalue weighted by Gasteiger charge is -2.33. The Morgan fingerprint density at radius 2 is 2.12 bits per heavy atom. The number of esters is 2. The second-order valence-electron chi connectivity index (χ2n) is 5.24. The molecule has 134 valence electrons. The first-order chi connectivity index (χ1) is 12.9. The van der Waals surface area contributed by atoms with E-state index in [1.54, 1.807) is 0 Å². The summed E-state index contributed by atoms with van der Waals surface area (Å²) in [5, 5.41) is 0.481. The molecule has 0 saturated carbocycles. The van der Waals surface area contributed by atoms with E-state index in [0.29, 0.717) is 17.0 Å². The Morgan fingerprint density at radius 3 is 2.71 bits per heavy atom. The van der Waals surface area contributed by atoms with Crippen molar-refractivity contribution in [2.45, 2.75) is 32.7 Å². The van der Waals surface area contributed by atoms with Crippen LogP contribution >= 0.6 is 11.6 Å². The molecule has 2 rings (SSSR count). The molecule has 0 radical (unpaired) electrons. The molecule has 2 heterocycles. The maximum Gasteiger partial charge on any atom is 0.302 e. The number of carbonyl (C=O) groups is 2. The van der Waals surface area contributed by atoms with Crippen LogP contribution in [-0.2, 0) is 19.1 Å². The highest BCUT2D eigenvalue weighted by Crippen LogP contribution is 2.24. The van der Waals surface area contributed by atoms with Gasteiger partial charge in [-0.3, -0.25) is 20.6 Å². The number of halogens is 1. The van der Waals surface area contributed by atoms with Gasteiger partial charge in [-0.2, -0.15) is 0 Å². The molecule has 0 aliphatic carbocycles. The van der Waals surface area contributed by atoms with Crippen molar-refractivity contribution in [2.24, 2.45) is 16.6 Å². The second kappa shape index (κ2) is 8.32. The highest BCUT2D eigenvalue weighted by molar-refractivity contribution is 6.29. The largest absolute Gasteiger partial charge is 0.465 e. The van der Waals surface area contributed by atoms with E-state index in [0.717, 1.165) is 0 Å². The van der Waals surface area contributed by atoms with Crippen molar-refractivity contribution in [1.82, 2.24) is 15.5 Å². The van der Waals surface area contributed by atoms with Gasteiger partial charge in [0.1, 0.15) is 24.7 Å². The SMILES string of the molecule is [2H]N1C(Cl)=C2N=CN(CCC(COC(C)=O)COC(C)=O)C2([2H])N([2H])C1([2H])N. The van der Waals surface area contributed by atoms with Crippen LogP contribution in [-0.4, -0.2) is 55.3 Å². The van der Waals surface area contributed by atoms with E-state index in [-0.39, 0.29) is 36.5 Å². The van der Waals surface area contributed by atoms with Gasteiger partial charge < -0.3 is 19.7 Å². The third-order valence-electron chi connectivity index (χ3n) is 3.26. The van der Waals surface area contributed by atoms with Crippen molar-refractivity contribution >= 4 is 29.9 Å². The van der Waals surface area contributed by atoms with Gasteiger partial charge in [0.05, 0.1) is 22.3 Å². The minimum absolute atomic E-state index is 0.00636. The number of nitrogens with two attached hydrogens (primary N) is 1. The molecule has 4 N–H and O–H groups in total. The van der Waals surface area contributed by atoms with E-state index in [9.17, 15) is 9.59 Å². The summed E-state index contributed by atoms with van der Waals surface area (Å²) in [6.07, 6.45) is -2.84. The summed E-state index contributed by atoms with van der Waals surface area (Å²) in [5.41, 5.74) is 5.58. The monoisotopic (exact) mass is 363 g/mol. The van der Waals surface area contributed by atoms with E-state index in [1.807, 2.05) is 0 Å². The van der Waals surface area contributed by atoms with Crippen LogP contribution in [0.25, 0.3) is 0 Å². The summed E-state index contributed by atoms with van der Waals surface area (Å²) in [6.45, 7) is 2.67. The van der Waals surface area contributed by atoms with Crippen molar-refractivity contribution in [2.75, 3.05) is 19.8 Å². The molecule has 0 saturated heterocycles. The van der Waals surface area contributed by atoms with Crippen LogP contribution in [0.2, 0.25) is 2.82 Å². The summed E-state index contributed by atoms with van der Waals surface area (Å²) < 4.78 is 42.5. The third kappa shape index (κ3) is 5.08. The predicted molar refractivity (Wildman–Crippen MR) is 87.5 cm³/mol.